The molecule has 5 rings (SSSR count). The third kappa shape index (κ3) is 3.96. The van der Waals surface area contributed by atoms with Crippen molar-refractivity contribution in [3.8, 4) is 11.4 Å². The van der Waals surface area contributed by atoms with Gasteiger partial charge in [0.15, 0.2) is 0 Å². The van der Waals surface area contributed by atoms with E-state index < -0.39 is 0 Å². The maximum absolute atomic E-state index is 12.6. The van der Waals surface area contributed by atoms with Crippen molar-refractivity contribution in [1.82, 2.24) is 14.5 Å². The number of hydrogen-bond acceptors (Lipinski definition) is 5. The van der Waals surface area contributed by atoms with Crippen molar-refractivity contribution < 1.29 is 4.74 Å². The molecule has 3 aromatic rings. The molecule has 2 aliphatic heterocycles. The van der Waals surface area contributed by atoms with Crippen LogP contribution in [0.15, 0.2) is 71.8 Å². The summed E-state index contributed by atoms with van der Waals surface area (Å²) in [5.74, 6) is 1.54. The molecule has 0 bridgehead atoms. The fourth-order valence-electron chi connectivity index (χ4n) is 4.19. The highest BCUT2D eigenvalue weighted by molar-refractivity contribution is 5.46. The van der Waals surface area contributed by atoms with Crippen LogP contribution < -0.4 is 15.2 Å². The molecule has 2 fully saturated rings. The maximum Gasteiger partial charge on any atom is 0.258 e. The third-order valence-corrected chi connectivity index (χ3v) is 5.99. The van der Waals surface area contributed by atoms with E-state index in [4.69, 9.17) is 4.74 Å². The fourth-order valence-corrected chi connectivity index (χ4v) is 4.19. The van der Waals surface area contributed by atoms with E-state index in [2.05, 4.69) is 14.8 Å². The van der Waals surface area contributed by atoms with E-state index in [1.807, 2.05) is 48.5 Å². The molecule has 154 valence electrons. The molecule has 0 unspecified atom stereocenters. The van der Waals surface area contributed by atoms with E-state index in [-0.39, 0.29) is 5.56 Å². The molecule has 0 amide bonds. The zero-order valence-electron chi connectivity index (χ0n) is 17.0. The van der Waals surface area contributed by atoms with Crippen molar-refractivity contribution in [3.63, 3.8) is 0 Å². The summed E-state index contributed by atoms with van der Waals surface area (Å²) in [5.41, 5.74) is 1.70. The van der Waals surface area contributed by atoms with E-state index >= 15 is 0 Å². The number of benzene rings is 1. The highest BCUT2D eigenvalue weighted by Gasteiger charge is 2.33. The lowest BCUT2D eigenvalue weighted by atomic mass is 10.1. The van der Waals surface area contributed by atoms with E-state index in [0.717, 1.165) is 30.2 Å². The Morgan fingerprint density at radius 3 is 2.50 bits per heavy atom. The lowest BCUT2D eigenvalue weighted by Gasteiger charge is -2.44. The van der Waals surface area contributed by atoms with Crippen molar-refractivity contribution in [3.05, 3.63) is 82.9 Å². The molecule has 0 atom stereocenters. The first-order valence-corrected chi connectivity index (χ1v) is 10.6. The summed E-state index contributed by atoms with van der Waals surface area (Å²) in [6, 6.07) is 17.9. The smallest absolute Gasteiger partial charge is 0.258 e. The monoisotopic (exact) mass is 402 g/mol. The maximum atomic E-state index is 12.6. The Morgan fingerprint density at radius 2 is 1.80 bits per heavy atom. The first-order valence-electron chi connectivity index (χ1n) is 10.6. The number of likely N-dealkylation sites (tertiary alicyclic amines) is 1. The number of ether oxygens (including phenoxy) is 1. The Kier molecular flexibility index (Phi) is 5.24. The first kappa shape index (κ1) is 18.9. The van der Waals surface area contributed by atoms with Crippen molar-refractivity contribution in [2.45, 2.75) is 25.5 Å². The van der Waals surface area contributed by atoms with Crippen LogP contribution >= 0.6 is 0 Å². The highest BCUT2D eigenvalue weighted by atomic mass is 16.5. The molecular formula is C24H26N4O2. The second-order valence-electron chi connectivity index (χ2n) is 8.02. The standard InChI is InChI=1S/C24H26N4O2/c29-24-14-22(30-18-19-6-2-1-3-7-19)10-13-28(24)20-8-9-23(25-15-20)27-16-21(17-27)26-11-4-5-12-26/h1-3,6-10,13-15,21H,4-5,11-12,16-18H2. The van der Waals surface area contributed by atoms with Crippen LogP contribution in [0.1, 0.15) is 18.4 Å². The second kappa shape index (κ2) is 8.32. The predicted molar refractivity (Wildman–Crippen MR) is 117 cm³/mol. The van der Waals surface area contributed by atoms with Gasteiger partial charge in [0.25, 0.3) is 5.56 Å². The van der Waals surface area contributed by atoms with Gasteiger partial charge in [0.1, 0.15) is 18.2 Å². The molecule has 2 saturated heterocycles. The first-order chi connectivity index (χ1) is 14.8. The van der Waals surface area contributed by atoms with Crippen LogP contribution in [-0.4, -0.2) is 46.7 Å². The summed E-state index contributed by atoms with van der Waals surface area (Å²) in [7, 11) is 0. The van der Waals surface area contributed by atoms with Gasteiger partial charge >= 0.3 is 0 Å². The minimum Gasteiger partial charge on any atom is -0.489 e. The van der Waals surface area contributed by atoms with Crippen LogP contribution in [0.2, 0.25) is 0 Å². The molecule has 6 nitrogen and oxygen atoms in total. The molecule has 0 aliphatic carbocycles. The molecule has 30 heavy (non-hydrogen) atoms. The lowest BCUT2D eigenvalue weighted by molar-refractivity contribution is 0.204. The number of aromatic nitrogens is 2. The SMILES string of the molecule is O=c1cc(OCc2ccccc2)ccn1-c1ccc(N2CC(N3CCCC3)C2)nc1. The van der Waals surface area contributed by atoms with Crippen LogP contribution in [0, 0.1) is 0 Å². The predicted octanol–water partition coefficient (Wildman–Crippen LogP) is 3.10. The van der Waals surface area contributed by atoms with Gasteiger partial charge in [0, 0.05) is 31.4 Å². The highest BCUT2D eigenvalue weighted by Crippen LogP contribution is 2.25. The summed E-state index contributed by atoms with van der Waals surface area (Å²) in [6.07, 6.45) is 6.17. The van der Waals surface area contributed by atoms with Gasteiger partial charge in [0.2, 0.25) is 0 Å². The summed E-state index contributed by atoms with van der Waals surface area (Å²) < 4.78 is 7.34. The van der Waals surface area contributed by atoms with Gasteiger partial charge in [-0.15, -0.1) is 0 Å². The number of anilines is 1. The van der Waals surface area contributed by atoms with Gasteiger partial charge in [-0.05, 0) is 49.7 Å². The van der Waals surface area contributed by atoms with Crippen LogP contribution in [-0.2, 0) is 6.61 Å². The zero-order valence-corrected chi connectivity index (χ0v) is 17.0. The zero-order chi connectivity index (χ0) is 20.3. The molecule has 2 aromatic heterocycles. The van der Waals surface area contributed by atoms with Crippen LogP contribution in [0.5, 0.6) is 5.75 Å². The minimum absolute atomic E-state index is 0.131. The minimum atomic E-state index is -0.131. The van der Waals surface area contributed by atoms with E-state index in [1.165, 1.54) is 32.0 Å². The fraction of sp³-hybridized carbons (Fsp3) is 0.333. The summed E-state index contributed by atoms with van der Waals surface area (Å²) in [4.78, 5) is 22.1. The Hall–Kier alpha value is -3.12. The quantitative estimate of drug-likeness (QED) is 0.634. The molecule has 4 heterocycles. The van der Waals surface area contributed by atoms with Crippen molar-refractivity contribution in [1.29, 1.82) is 0 Å². The molecule has 2 aliphatic rings. The molecule has 0 N–H and O–H groups in total. The number of hydrogen-bond donors (Lipinski definition) is 0. The van der Waals surface area contributed by atoms with Crippen LogP contribution in [0.4, 0.5) is 5.82 Å². The number of rotatable bonds is 6. The summed E-state index contributed by atoms with van der Waals surface area (Å²) >= 11 is 0. The summed E-state index contributed by atoms with van der Waals surface area (Å²) in [5, 5.41) is 0. The number of pyridine rings is 2. The molecule has 6 heteroatoms. The molecule has 0 spiro atoms. The number of nitrogens with zero attached hydrogens (tertiary/aromatic N) is 4. The third-order valence-electron chi connectivity index (χ3n) is 5.99. The van der Waals surface area contributed by atoms with Crippen LogP contribution in [0.3, 0.4) is 0 Å². The average Bonchev–Trinajstić information content (AvgIpc) is 3.27. The van der Waals surface area contributed by atoms with Gasteiger partial charge in [-0.2, -0.15) is 0 Å². The topological polar surface area (TPSA) is 50.6 Å². The van der Waals surface area contributed by atoms with Gasteiger partial charge < -0.3 is 9.64 Å². The van der Waals surface area contributed by atoms with E-state index in [9.17, 15) is 4.79 Å². The van der Waals surface area contributed by atoms with Gasteiger partial charge in [-0.3, -0.25) is 14.3 Å². The van der Waals surface area contributed by atoms with Gasteiger partial charge in [-0.25, -0.2) is 4.98 Å². The second-order valence-corrected chi connectivity index (χ2v) is 8.02. The Bertz CT molecular complexity index is 1040. The van der Waals surface area contributed by atoms with E-state index in [0.29, 0.717) is 18.4 Å². The lowest BCUT2D eigenvalue weighted by Crippen LogP contribution is -2.59. The van der Waals surface area contributed by atoms with Gasteiger partial charge in [-0.1, -0.05) is 30.3 Å². The molecule has 0 radical (unpaired) electrons. The molecule has 0 saturated carbocycles. The van der Waals surface area contributed by atoms with Crippen molar-refractivity contribution in [2.75, 3.05) is 31.1 Å². The molecular weight excluding hydrogens is 376 g/mol. The average molecular weight is 402 g/mol. The van der Waals surface area contributed by atoms with Crippen molar-refractivity contribution >= 4 is 5.82 Å². The van der Waals surface area contributed by atoms with Crippen molar-refractivity contribution in [2.24, 2.45) is 0 Å². The van der Waals surface area contributed by atoms with Crippen LogP contribution in [0.25, 0.3) is 5.69 Å². The Balaban J connectivity index is 1.22. The Labute approximate surface area is 176 Å². The van der Waals surface area contributed by atoms with Gasteiger partial charge in [0.05, 0.1) is 11.9 Å². The molecule has 1 aromatic carbocycles. The van der Waals surface area contributed by atoms with E-state index in [1.54, 1.807) is 17.0 Å². The normalized spacial score (nSPS) is 17.1. The Morgan fingerprint density at radius 1 is 1.00 bits per heavy atom. The largest absolute Gasteiger partial charge is 0.489 e. The summed E-state index contributed by atoms with van der Waals surface area (Å²) in [6.45, 7) is 4.99.